The number of carbonyl (C=O) groups excluding carboxylic acids is 2. The van der Waals surface area contributed by atoms with Crippen LogP contribution in [0, 0.1) is 0 Å². The predicted octanol–water partition coefficient (Wildman–Crippen LogP) is 5.47. The van der Waals surface area contributed by atoms with Crippen molar-refractivity contribution in [3.8, 4) is 11.5 Å². The van der Waals surface area contributed by atoms with Gasteiger partial charge in [0.05, 0.1) is 20.6 Å². The largest absolute Gasteiger partial charge is 0.496 e. The van der Waals surface area contributed by atoms with Crippen LogP contribution in [0.25, 0.3) is 21.5 Å². The summed E-state index contributed by atoms with van der Waals surface area (Å²) in [5.74, 6) is 0.969. The second-order valence-electron chi connectivity index (χ2n) is 6.75. The highest BCUT2D eigenvalue weighted by Gasteiger charge is 2.19. The van der Waals surface area contributed by atoms with Crippen LogP contribution >= 0.6 is 0 Å². The van der Waals surface area contributed by atoms with Gasteiger partial charge in [0.15, 0.2) is 11.6 Å². The van der Waals surface area contributed by atoms with Gasteiger partial charge in [-0.15, -0.1) is 0 Å². The van der Waals surface area contributed by atoms with Crippen LogP contribution in [-0.4, -0.2) is 25.8 Å². The minimum absolute atomic E-state index is 0.202. The number of hydrogen-bond donors (Lipinski definition) is 0. The zero-order valence-electron chi connectivity index (χ0n) is 16.3. The van der Waals surface area contributed by atoms with E-state index in [4.69, 9.17) is 9.47 Å². The number of methoxy groups -OCH3 is 2. The Morgan fingerprint density at radius 1 is 0.586 bits per heavy atom. The molecule has 0 radical (unpaired) electrons. The maximum Gasteiger partial charge on any atom is 0.171 e. The number of benzene rings is 4. The fraction of sp³-hybridized carbons (Fsp3) is 0.120. The van der Waals surface area contributed by atoms with E-state index in [0.717, 1.165) is 21.5 Å². The van der Waals surface area contributed by atoms with Crippen LogP contribution in [0.1, 0.15) is 27.1 Å². The van der Waals surface area contributed by atoms with Gasteiger partial charge in [0.25, 0.3) is 0 Å². The lowest BCUT2D eigenvalue weighted by Gasteiger charge is -2.11. The third kappa shape index (κ3) is 3.34. The first kappa shape index (κ1) is 18.7. The van der Waals surface area contributed by atoms with Gasteiger partial charge in [0, 0.05) is 21.9 Å². The van der Waals surface area contributed by atoms with Crippen molar-refractivity contribution in [1.29, 1.82) is 0 Å². The summed E-state index contributed by atoms with van der Waals surface area (Å²) in [6, 6.07) is 22.1. The lowest BCUT2D eigenvalue weighted by Crippen LogP contribution is -2.10. The van der Waals surface area contributed by atoms with Crippen LogP contribution in [0.15, 0.2) is 72.8 Å². The maximum atomic E-state index is 13.0. The topological polar surface area (TPSA) is 52.6 Å². The molecule has 0 aromatic heterocycles. The van der Waals surface area contributed by atoms with Crippen LogP contribution in [0.3, 0.4) is 0 Å². The first-order chi connectivity index (χ1) is 14.1. The van der Waals surface area contributed by atoms with E-state index in [9.17, 15) is 9.59 Å². The normalized spacial score (nSPS) is 10.8. The SMILES string of the molecule is COc1ccc(C(=O)CC(=O)c2ccc(OC)c3ccccc23)c2ccccc12. The number of carbonyl (C=O) groups is 2. The van der Waals surface area contributed by atoms with Crippen molar-refractivity contribution in [3.05, 3.63) is 83.9 Å². The van der Waals surface area contributed by atoms with Crippen molar-refractivity contribution < 1.29 is 19.1 Å². The second kappa shape index (κ2) is 7.76. The van der Waals surface area contributed by atoms with Gasteiger partial charge in [-0.25, -0.2) is 0 Å². The predicted molar refractivity (Wildman–Crippen MR) is 114 cm³/mol. The van der Waals surface area contributed by atoms with Crippen LogP contribution in [0.4, 0.5) is 0 Å². The number of Topliss-reactive ketones (excluding diaryl/α,β-unsaturated/α-hetero) is 2. The molecule has 0 N–H and O–H groups in total. The minimum atomic E-state index is -0.214. The first-order valence-electron chi connectivity index (χ1n) is 9.32. The van der Waals surface area contributed by atoms with Gasteiger partial charge in [-0.1, -0.05) is 48.5 Å². The molecule has 0 aliphatic rings. The van der Waals surface area contributed by atoms with Gasteiger partial charge in [0.2, 0.25) is 0 Å². The Bertz CT molecular complexity index is 1140. The number of hydrogen-bond acceptors (Lipinski definition) is 4. The van der Waals surface area contributed by atoms with Crippen LogP contribution in [0.2, 0.25) is 0 Å². The molecule has 29 heavy (non-hydrogen) atoms. The standard InChI is InChI=1S/C25H20O4/c1-28-24-13-11-18(16-7-3-5-9-20(16)24)22(26)15-23(27)19-12-14-25(29-2)21-10-6-4-8-17(19)21/h3-14H,15H2,1-2H3. The van der Waals surface area contributed by atoms with Crippen molar-refractivity contribution in [2.75, 3.05) is 14.2 Å². The Labute approximate surface area is 168 Å². The molecule has 4 heteroatoms. The third-order valence-electron chi connectivity index (χ3n) is 5.13. The van der Waals surface area contributed by atoms with E-state index in [2.05, 4.69) is 0 Å². The highest BCUT2D eigenvalue weighted by atomic mass is 16.5. The highest BCUT2D eigenvalue weighted by Crippen LogP contribution is 2.31. The lowest BCUT2D eigenvalue weighted by molar-refractivity contribution is 0.0896. The van der Waals surface area contributed by atoms with Gasteiger partial charge in [-0.3, -0.25) is 9.59 Å². The van der Waals surface area contributed by atoms with E-state index in [-0.39, 0.29) is 18.0 Å². The minimum Gasteiger partial charge on any atom is -0.496 e. The van der Waals surface area contributed by atoms with Crippen molar-refractivity contribution in [3.63, 3.8) is 0 Å². The smallest absolute Gasteiger partial charge is 0.171 e. The van der Waals surface area contributed by atoms with E-state index in [1.54, 1.807) is 38.5 Å². The van der Waals surface area contributed by atoms with Crippen molar-refractivity contribution in [2.24, 2.45) is 0 Å². The van der Waals surface area contributed by atoms with Crippen LogP contribution < -0.4 is 9.47 Å². The first-order valence-corrected chi connectivity index (χ1v) is 9.32. The molecule has 0 bridgehead atoms. The molecule has 0 saturated carbocycles. The summed E-state index contributed by atoms with van der Waals surface area (Å²) in [4.78, 5) is 26.0. The molecular weight excluding hydrogens is 364 g/mol. The third-order valence-corrected chi connectivity index (χ3v) is 5.13. The lowest BCUT2D eigenvalue weighted by atomic mass is 9.94. The van der Waals surface area contributed by atoms with E-state index in [1.807, 2.05) is 48.5 Å². The molecule has 4 rings (SSSR count). The van der Waals surface area contributed by atoms with Crippen molar-refractivity contribution in [1.82, 2.24) is 0 Å². The Morgan fingerprint density at radius 3 is 1.34 bits per heavy atom. The molecule has 0 atom stereocenters. The fourth-order valence-corrected chi connectivity index (χ4v) is 3.72. The van der Waals surface area contributed by atoms with Gasteiger partial charge < -0.3 is 9.47 Å². The molecule has 4 nitrogen and oxygen atoms in total. The molecule has 0 spiro atoms. The summed E-state index contributed by atoms with van der Waals surface area (Å²) in [5, 5.41) is 3.26. The number of fused-ring (bicyclic) bond motifs is 2. The zero-order chi connectivity index (χ0) is 20.4. The molecule has 4 aromatic rings. The molecule has 0 aliphatic carbocycles. The number of ether oxygens (including phenoxy) is 2. The fourth-order valence-electron chi connectivity index (χ4n) is 3.72. The van der Waals surface area contributed by atoms with E-state index in [0.29, 0.717) is 22.6 Å². The van der Waals surface area contributed by atoms with Gasteiger partial charge in [-0.05, 0) is 35.0 Å². The van der Waals surface area contributed by atoms with Crippen molar-refractivity contribution in [2.45, 2.75) is 6.42 Å². The second-order valence-corrected chi connectivity index (χ2v) is 6.75. The zero-order valence-corrected chi connectivity index (χ0v) is 16.3. The quantitative estimate of drug-likeness (QED) is 0.327. The number of rotatable bonds is 6. The maximum absolute atomic E-state index is 13.0. The average molecular weight is 384 g/mol. The van der Waals surface area contributed by atoms with E-state index >= 15 is 0 Å². The molecule has 0 heterocycles. The van der Waals surface area contributed by atoms with Gasteiger partial charge in [-0.2, -0.15) is 0 Å². The molecule has 0 aliphatic heterocycles. The molecule has 0 fully saturated rings. The molecule has 0 unspecified atom stereocenters. The molecule has 4 aromatic carbocycles. The highest BCUT2D eigenvalue weighted by molar-refractivity contribution is 6.21. The Balaban J connectivity index is 1.71. The average Bonchev–Trinajstić information content (AvgIpc) is 2.77. The Hall–Kier alpha value is -3.66. The summed E-state index contributed by atoms with van der Waals surface area (Å²) in [5.41, 5.74) is 1.04. The summed E-state index contributed by atoms with van der Waals surface area (Å²) in [6.45, 7) is 0. The van der Waals surface area contributed by atoms with Crippen LogP contribution in [0.5, 0.6) is 11.5 Å². The molecular formula is C25H20O4. The molecule has 144 valence electrons. The van der Waals surface area contributed by atoms with E-state index in [1.165, 1.54) is 0 Å². The van der Waals surface area contributed by atoms with E-state index < -0.39 is 0 Å². The summed E-state index contributed by atoms with van der Waals surface area (Å²) in [6.07, 6.45) is -0.202. The molecule has 0 amide bonds. The summed E-state index contributed by atoms with van der Waals surface area (Å²) >= 11 is 0. The van der Waals surface area contributed by atoms with Gasteiger partial charge in [0.1, 0.15) is 11.5 Å². The summed E-state index contributed by atoms with van der Waals surface area (Å²) in [7, 11) is 3.20. The monoisotopic (exact) mass is 384 g/mol. The van der Waals surface area contributed by atoms with Gasteiger partial charge >= 0.3 is 0 Å². The Kier molecular flexibility index (Phi) is 5.00. The van der Waals surface area contributed by atoms with Crippen LogP contribution in [-0.2, 0) is 0 Å². The van der Waals surface area contributed by atoms with Crippen molar-refractivity contribution >= 4 is 33.1 Å². The summed E-state index contributed by atoms with van der Waals surface area (Å²) < 4.78 is 10.8. The number of ketones is 2. The molecule has 0 saturated heterocycles. The Morgan fingerprint density at radius 2 is 0.966 bits per heavy atom.